The van der Waals surface area contributed by atoms with E-state index in [4.69, 9.17) is 9.15 Å². The van der Waals surface area contributed by atoms with Crippen LogP contribution < -0.4 is 9.64 Å². The summed E-state index contributed by atoms with van der Waals surface area (Å²) in [5, 5.41) is 0. The smallest absolute Gasteiger partial charge is 0.272 e. The van der Waals surface area contributed by atoms with Crippen molar-refractivity contribution in [2.45, 2.75) is 12.7 Å². The number of rotatable bonds is 7. The average molecular weight is 423 g/mol. The van der Waals surface area contributed by atoms with Crippen LogP contribution in [0, 0.1) is 5.82 Å². The molecule has 0 spiro atoms. The second-order valence-electron chi connectivity index (χ2n) is 6.43. The van der Waals surface area contributed by atoms with Crippen molar-refractivity contribution >= 4 is 34.8 Å². The van der Waals surface area contributed by atoms with Gasteiger partial charge in [-0.2, -0.15) is 0 Å². The Kier molecular flexibility index (Phi) is 5.72. The number of amides is 2. The molecule has 2 aromatic carbocycles. The van der Waals surface area contributed by atoms with Crippen LogP contribution in [-0.4, -0.2) is 18.4 Å². The minimum atomic E-state index is -0.472. The molecule has 5 nitrogen and oxygen atoms in total. The molecule has 2 amide bonds. The number of anilines is 1. The van der Waals surface area contributed by atoms with Crippen molar-refractivity contribution in [3.05, 3.63) is 89.0 Å². The first kappa shape index (κ1) is 20.0. The van der Waals surface area contributed by atoms with Crippen LogP contribution >= 0.6 is 11.8 Å². The molecule has 0 radical (unpaired) electrons. The van der Waals surface area contributed by atoms with Crippen LogP contribution in [0.15, 0.2) is 76.2 Å². The summed E-state index contributed by atoms with van der Waals surface area (Å²) in [4.78, 5) is 28.1. The molecule has 3 aromatic rings. The number of ether oxygens (including phenoxy) is 1. The highest BCUT2D eigenvalue weighted by molar-refractivity contribution is 8.03. The van der Waals surface area contributed by atoms with Crippen LogP contribution in [0.25, 0.3) is 5.57 Å². The third-order valence-electron chi connectivity index (χ3n) is 4.52. The maximum atomic E-state index is 13.4. The summed E-state index contributed by atoms with van der Waals surface area (Å²) in [5.41, 5.74) is 1.10. The predicted octanol–water partition coefficient (Wildman–Crippen LogP) is 5.04. The highest BCUT2D eigenvalue weighted by Crippen LogP contribution is 2.42. The lowest BCUT2D eigenvalue weighted by Gasteiger charge is -2.18. The number of hydrogen-bond donors (Lipinski definition) is 0. The number of benzene rings is 2. The van der Waals surface area contributed by atoms with E-state index in [1.165, 1.54) is 36.0 Å². The van der Waals surface area contributed by atoms with E-state index in [9.17, 15) is 14.0 Å². The van der Waals surface area contributed by atoms with Crippen LogP contribution in [0.5, 0.6) is 5.75 Å². The normalized spacial score (nSPS) is 14.0. The Morgan fingerprint density at radius 2 is 1.77 bits per heavy atom. The molecule has 0 unspecified atom stereocenters. The summed E-state index contributed by atoms with van der Waals surface area (Å²) in [6, 6.07) is 16.0. The maximum Gasteiger partial charge on any atom is 0.272 e. The van der Waals surface area contributed by atoms with Crippen LogP contribution in [0.4, 0.5) is 10.1 Å². The first-order chi connectivity index (χ1) is 14.6. The van der Waals surface area contributed by atoms with Gasteiger partial charge in [-0.05, 0) is 48.9 Å². The van der Waals surface area contributed by atoms with E-state index in [-0.39, 0.29) is 10.5 Å². The fraction of sp³-hybridized carbons (Fsp3) is 0.130. The lowest BCUT2D eigenvalue weighted by Crippen LogP contribution is -2.31. The first-order valence-electron chi connectivity index (χ1n) is 9.36. The molecular weight excluding hydrogens is 405 g/mol. The quantitative estimate of drug-likeness (QED) is 0.499. The topological polar surface area (TPSA) is 59.8 Å². The Bertz CT molecular complexity index is 1110. The van der Waals surface area contributed by atoms with Crippen molar-refractivity contribution in [3.8, 4) is 5.75 Å². The Morgan fingerprint density at radius 1 is 1.00 bits per heavy atom. The van der Waals surface area contributed by atoms with Gasteiger partial charge in [0, 0.05) is 0 Å². The minimum Gasteiger partial charge on any atom is -0.492 e. The van der Waals surface area contributed by atoms with Crippen molar-refractivity contribution in [3.63, 3.8) is 0 Å². The fourth-order valence-electron chi connectivity index (χ4n) is 3.19. The van der Waals surface area contributed by atoms with E-state index in [0.29, 0.717) is 35.1 Å². The molecule has 0 bridgehead atoms. The molecule has 0 aliphatic carbocycles. The Morgan fingerprint density at radius 3 is 2.47 bits per heavy atom. The molecule has 4 rings (SSSR count). The summed E-state index contributed by atoms with van der Waals surface area (Å²) in [7, 11) is 0. The molecule has 0 N–H and O–H groups in total. The molecule has 0 fully saturated rings. The molecule has 0 atom stereocenters. The number of thioether (sulfide) groups is 1. The lowest BCUT2D eigenvalue weighted by molar-refractivity contribution is -0.119. The minimum absolute atomic E-state index is 0.239. The van der Waals surface area contributed by atoms with Gasteiger partial charge in [0.2, 0.25) is 0 Å². The summed E-state index contributed by atoms with van der Waals surface area (Å²) >= 11 is 1.22. The van der Waals surface area contributed by atoms with E-state index in [2.05, 4.69) is 0 Å². The Labute approximate surface area is 177 Å². The number of para-hydroxylation sites is 2. The van der Waals surface area contributed by atoms with Crippen molar-refractivity contribution in [1.82, 2.24) is 0 Å². The molecule has 2 heterocycles. The largest absolute Gasteiger partial charge is 0.492 e. The highest BCUT2D eigenvalue weighted by atomic mass is 32.2. The van der Waals surface area contributed by atoms with Gasteiger partial charge in [0.05, 0.1) is 34.8 Å². The number of halogens is 1. The monoisotopic (exact) mass is 423 g/mol. The van der Waals surface area contributed by atoms with Gasteiger partial charge in [0.1, 0.15) is 17.3 Å². The van der Waals surface area contributed by atoms with Crippen molar-refractivity contribution in [2.75, 3.05) is 11.5 Å². The van der Waals surface area contributed by atoms with Crippen LogP contribution in [-0.2, 0) is 15.3 Å². The number of imide groups is 1. The van der Waals surface area contributed by atoms with Crippen LogP contribution in [0.1, 0.15) is 18.2 Å². The molecule has 1 aliphatic rings. The number of hydrogen-bond acceptors (Lipinski definition) is 5. The molecule has 7 heteroatoms. The molecule has 152 valence electrons. The molecule has 0 saturated carbocycles. The van der Waals surface area contributed by atoms with Crippen LogP contribution in [0.3, 0.4) is 0 Å². The zero-order chi connectivity index (χ0) is 21.1. The van der Waals surface area contributed by atoms with E-state index < -0.39 is 17.6 Å². The van der Waals surface area contributed by atoms with Crippen molar-refractivity contribution < 1.29 is 23.1 Å². The zero-order valence-electron chi connectivity index (χ0n) is 16.1. The predicted molar refractivity (Wildman–Crippen MR) is 113 cm³/mol. The SMILES string of the molecule is CCOc1ccccc1N1C(=O)C(SCc2ccco2)=C(c2ccc(F)cc2)C1=O. The van der Waals surface area contributed by atoms with Gasteiger partial charge in [-0.3, -0.25) is 9.59 Å². The standard InChI is InChI=1S/C23H18FNO4S/c1-2-28-19-8-4-3-7-18(19)25-22(26)20(15-9-11-16(24)12-10-15)21(23(25)27)30-14-17-6-5-13-29-17/h3-13H,2,14H2,1H3. The second kappa shape index (κ2) is 8.59. The Hall–Kier alpha value is -3.32. The van der Waals surface area contributed by atoms with E-state index in [1.807, 2.05) is 6.92 Å². The van der Waals surface area contributed by atoms with Crippen LogP contribution in [0.2, 0.25) is 0 Å². The second-order valence-corrected chi connectivity index (χ2v) is 7.41. The lowest BCUT2D eigenvalue weighted by atomic mass is 10.1. The summed E-state index contributed by atoms with van der Waals surface area (Å²) < 4.78 is 24.4. The third kappa shape index (κ3) is 3.76. The number of carbonyl (C=O) groups excluding carboxylic acids is 2. The molecule has 30 heavy (non-hydrogen) atoms. The zero-order valence-corrected chi connectivity index (χ0v) is 16.9. The molecule has 0 saturated heterocycles. The molecule has 1 aliphatic heterocycles. The summed E-state index contributed by atoms with van der Waals surface area (Å²) in [6.07, 6.45) is 1.55. The van der Waals surface area contributed by atoms with E-state index >= 15 is 0 Å². The summed E-state index contributed by atoms with van der Waals surface area (Å²) in [5.74, 6) is 0.174. The van der Waals surface area contributed by atoms with Gasteiger partial charge in [-0.1, -0.05) is 24.3 Å². The number of carbonyl (C=O) groups is 2. The van der Waals surface area contributed by atoms with Gasteiger partial charge in [0.15, 0.2) is 0 Å². The Balaban J connectivity index is 1.76. The molecular formula is C23H18FNO4S. The van der Waals surface area contributed by atoms with Gasteiger partial charge in [0.25, 0.3) is 11.8 Å². The third-order valence-corrected chi connectivity index (χ3v) is 5.62. The average Bonchev–Trinajstić information content (AvgIpc) is 3.34. The van der Waals surface area contributed by atoms with Crippen molar-refractivity contribution in [1.29, 1.82) is 0 Å². The van der Waals surface area contributed by atoms with E-state index in [1.54, 1.807) is 42.7 Å². The van der Waals surface area contributed by atoms with Gasteiger partial charge >= 0.3 is 0 Å². The summed E-state index contributed by atoms with van der Waals surface area (Å²) in [6.45, 7) is 2.23. The number of furan rings is 1. The number of nitrogens with zero attached hydrogens (tertiary/aromatic N) is 1. The van der Waals surface area contributed by atoms with Gasteiger partial charge < -0.3 is 9.15 Å². The highest BCUT2D eigenvalue weighted by Gasteiger charge is 2.41. The molecule has 1 aromatic heterocycles. The van der Waals surface area contributed by atoms with Gasteiger partial charge in [-0.15, -0.1) is 11.8 Å². The van der Waals surface area contributed by atoms with Gasteiger partial charge in [-0.25, -0.2) is 9.29 Å². The maximum absolute atomic E-state index is 13.4. The fourth-order valence-corrected chi connectivity index (χ4v) is 4.21. The van der Waals surface area contributed by atoms with Crippen molar-refractivity contribution in [2.24, 2.45) is 0 Å². The first-order valence-corrected chi connectivity index (χ1v) is 10.3. The van der Waals surface area contributed by atoms with E-state index in [0.717, 1.165) is 4.90 Å².